The number of ether oxygens (including phenoxy) is 1. The number of likely N-dealkylation sites (tertiary alicyclic amines) is 1. The molecule has 1 heterocycles. The largest absolute Gasteiger partial charge is 0.497 e. The maximum absolute atomic E-state index is 12.9. The SMILES string of the molecule is COc1cccc(NC(=O)N2CCCCCC2c2ccc(C)cc2)c1. The lowest BCUT2D eigenvalue weighted by atomic mass is 10.00. The average Bonchev–Trinajstić information content (AvgIpc) is 2.88. The molecule has 1 unspecified atom stereocenters. The van der Waals surface area contributed by atoms with Gasteiger partial charge in [-0.15, -0.1) is 0 Å². The quantitative estimate of drug-likeness (QED) is 0.840. The number of urea groups is 1. The highest BCUT2D eigenvalue weighted by atomic mass is 16.5. The van der Waals surface area contributed by atoms with Gasteiger partial charge in [0, 0.05) is 18.3 Å². The molecule has 1 N–H and O–H groups in total. The van der Waals surface area contributed by atoms with Crippen LogP contribution in [0.25, 0.3) is 0 Å². The fourth-order valence-electron chi connectivity index (χ4n) is 3.38. The van der Waals surface area contributed by atoms with Crippen molar-refractivity contribution in [3.05, 3.63) is 59.7 Å². The van der Waals surface area contributed by atoms with E-state index in [-0.39, 0.29) is 12.1 Å². The normalized spacial score (nSPS) is 17.7. The number of hydrogen-bond acceptors (Lipinski definition) is 2. The van der Waals surface area contributed by atoms with E-state index < -0.39 is 0 Å². The lowest BCUT2D eigenvalue weighted by molar-refractivity contribution is 0.189. The van der Waals surface area contributed by atoms with Gasteiger partial charge >= 0.3 is 6.03 Å². The second-order valence-electron chi connectivity index (χ2n) is 6.63. The van der Waals surface area contributed by atoms with Crippen LogP contribution in [0.3, 0.4) is 0 Å². The molecule has 4 heteroatoms. The van der Waals surface area contributed by atoms with Crippen LogP contribution < -0.4 is 10.1 Å². The summed E-state index contributed by atoms with van der Waals surface area (Å²) in [5.74, 6) is 0.740. The standard InChI is InChI=1S/C21H26N2O2/c1-16-10-12-17(13-11-16)20-9-4-3-5-14-23(20)21(24)22-18-7-6-8-19(15-18)25-2/h6-8,10-13,15,20H,3-5,9,14H2,1-2H3,(H,22,24). The number of aryl methyl sites for hydroxylation is 1. The average molecular weight is 338 g/mol. The van der Waals surface area contributed by atoms with Gasteiger partial charge in [0.1, 0.15) is 5.75 Å². The zero-order valence-corrected chi connectivity index (χ0v) is 15.0. The molecule has 2 aromatic rings. The van der Waals surface area contributed by atoms with Crippen molar-refractivity contribution >= 4 is 11.7 Å². The fraction of sp³-hybridized carbons (Fsp3) is 0.381. The number of anilines is 1. The van der Waals surface area contributed by atoms with E-state index in [2.05, 4.69) is 36.5 Å². The summed E-state index contributed by atoms with van der Waals surface area (Å²) in [5, 5.41) is 3.03. The molecule has 1 aliphatic rings. The molecule has 0 bridgehead atoms. The number of methoxy groups -OCH3 is 1. The van der Waals surface area contributed by atoms with Crippen molar-refractivity contribution in [3.8, 4) is 5.75 Å². The minimum atomic E-state index is -0.0410. The number of nitrogens with one attached hydrogen (secondary N) is 1. The number of benzene rings is 2. The van der Waals surface area contributed by atoms with E-state index in [1.54, 1.807) is 7.11 Å². The van der Waals surface area contributed by atoms with Gasteiger partial charge in [-0.3, -0.25) is 0 Å². The number of rotatable bonds is 3. The van der Waals surface area contributed by atoms with Crippen LogP contribution in [0.4, 0.5) is 10.5 Å². The first-order valence-corrected chi connectivity index (χ1v) is 8.95. The third-order valence-corrected chi connectivity index (χ3v) is 4.80. The van der Waals surface area contributed by atoms with Crippen molar-refractivity contribution in [1.82, 2.24) is 4.90 Å². The number of carbonyl (C=O) groups excluding carboxylic acids is 1. The Kier molecular flexibility index (Phi) is 5.59. The Morgan fingerprint density at radius 2 is 1.92 bits per heavy atom. The maximum atomic E-state index is 12.9. The summed E-state index contributed by atoms with van der Waals surface area (Å²) in [5.41, 5.74) is 3.22. The summed E-state index contributed by atoms with van der Waals surface area (Å²) in [7, 11) is 1.63. The first kappa shape index (κ1) is 17.3. The molecule has 4 nitrogen and oxygen atoms in total. The number of hydrogen-bond donors (Lipinski definition) is 1. The highest BCUT2D eigenvalue weighted by Gasteiger charge is 2.26. The molecule has 0 saturated carbocycles. The minimum absolute atomic E-state index is 0.0410. The Morgan fingerprint density at radius 3 is 2.68 bits per heavy atom. The zero-order chi connectivity index (χ0) is 17.6. The monoisotopic (exact) mass is 338 g/mol. The van der Waals surface area contributed by atoms with E-state index in [9.17, 15) is 4.79 Å². The first-order chi connectivity index (χ1) is 12.2. The van der Waals surface area contributed by atoms with Crippen LogP contribution in [-0.2, 0) is 0 Å². The molecular formula is C21H26N2O2. The number of nitrogens with zero attached hydrogens (tertiary/aromatic N) is 1. The van der Waals surface area contributed by atoms with Gasteiger partial charge in [0.2, 0.25) is 0 Å². The van der Waals surface area contributed by atoms with Crippen molar-refractivity contribution in [2.75, 3.05) is 19.0 Å². The molecule has 25 heavy (non-hydrogen) atoms. The van der Waals surface area contributed by atoms with E-state index in [4.69, 9.17) is 4.74 Å². The van der Waals surface area contributed by atoms with Crippen molar-refractivity contribution in [2.24, 2.45) is 0 Å². The summed E-state index contributed by atoms with van der Waals surface area (Å²) in [4.78, 5) is 14.9. The van der Waals surface area contributed by atoms with Gasteiger partial charge in [0.15, 0.2) is 0 Å². The topological polar surface area (TPSA) is 41.6 Å². The van der Waals surface area contributed by atoms with Crippen molar-refractivity contribution < 1.29 is 9.53 Å². The molecule has 2 aromatic carbocycles. The molecule has 0 radical (unpaired) electrons. The van der Waals surface area contributed by atoms with Gasteiger partial charge in [-0.1, -0.05) is 48.7 Å². The highest BCUT2D eigenvalue weighted by molar-refractivity contribution is 5.89. The van der Waals surface area contributed by atoms with Crippen LogP contribution >= 0.6 is 0 Å². The Hall–Kier alpha value is -2.49. The molecular weight excluding hydrogens is 312 g/mol. The molecule has 2 amide bonds. The molecule has 132 valence electrons. The predicted molar refractivity (Wildman–Crippen MR) is 101 cm³/mol. The minimum Gasteiger partial charge on any atom is -0.497 e. The molecule has 0 spiro atoms. The molecule has 1 atom stereocenters. The van der Waals surface area contributed by atoms with Gasteiger partial charge in [0.25, 0.3) is 0 Å². The van der Waals surface area contributed by atoms with Gasteiger partial charge < -0.3 is 15.0 Å². The second kappa shape index (κ2) is 8.06. The second-order valence-corrected chi connectivity index (χ2v) is 6.63. The first-order valence-electron chi connectivity index (χ1n) is 8.95. The van der Waals surface area contributed by atoms with Gasteiger partial charge in [-0.2, -0.15) is 0 Å². The van der Waals surface area contributed by atoms with Crippen LogP contribution in [-0.4, -0.2) is 24.6 Å². The lowest BCUT2D eigenvalue weighted by Gasteiger charge is -2.30. The summed E-state index contributed by atoms with van der Waals surface area (Å²) in [6, 6.07) is 16.1. The molecule has 0 aliphatic carbocycles. The summed E-state index contributed by atoms with van der Waals surface area (Å²) in [6.45, 7) is 2.87. The van der Waals surface area contributed by atoms with Crippen LogP contribution in [0.2, 0.25) is 0 Å². The number of amides is 2. The van der Waals surface area contributed by atoms with Crippen LogP contribution in [0, 0.1) is 6.92 Å². The molecule has 0 aromatic heterocycles. The summed E-state index contributed by atoms with van der Waals surface area (Å²) in [6.07, 6.45) is 4.38. The van der Waals surface area contributed by atoms with Crippen molar-refractivity contribution in [3.63, 3.8) is 0 Å². The van der Waals surface area contributed by atoms with Crippen LogP contribution in [0.1, 0.15) is 42.9 Å². The van der Waals surface area contributed by atoms with Gasteiger partial charge in [0.05, 0.1) is 13.2 Å². The van der Waals surface area contributed by atoms with E-state index in [1.165, 1.54) is 17.5 Å². The highest BCUT2D eigenvalue weighted by Crippen LogP contribution is 2.31. The maximum Gasteiger partial charge on any atom is 0.322 e. The van der Waals surface area contributed by atoms with E-state index in [0.29, 0.717) is 0 Å². The van der Waals surface area contributed by atoms with Crippen molar-refractivity contribution in [2.45, 2.75) is 38.6 Å². The zero-order valence-electron chi connectivity index (χ0n) is 15.0. The Balaban J connectivity index is 1.80. The Bertz CT molecular complexity index is 712. The van der Waals surface area contributed by atoms with E-state index in [0.717, 1.165) is 37.2 Å². The van der Waals surface area contributed by atoms with Crippen molar-refractivity contribution in [1.29, 1.82) is 0 Å². The summed E-state index contributed by atoms with van der Waals surface area (Å²) >= 11 is 0. The Labute approximate surface area is 149 Å². The predicted octanol–water partition coefficient (Wildman–Crippen LogP) is 5.15. The molecule has 1 saturated heterocycles. The lowest BCUT2D eigenvalue weighted by Crippen LogP contribution is -2.38. The number of carbonyl (C=O) groups is 1. The van der Waals surface area contributed by atoms with Crippen LogP contribution in [0.15, 0.2) is 48.5 Å². The van der Waals surface area contributed by atoms with Gasteiger partial charge in [-0.05, 0) is 37.5 Å². The van der Waals surface area contributed by atoms with E-state index in [1.807, 2.05) is 29.2 Å². The Morgan fingerprint density at radius 1 is 1.12 bits per heavy atom. The third kappa shape index (κ3) is 4.32. The summed E-state index contributed by atoms with van der Waals surface area (Å²) < 4.78 is 5.24. The third-order valence-electron chi connectivity index (χ3n) is 4.80. The molecule has 3 rings (SSSR count). The van der Waals surface area contributed by atoms with E-state index >= 15 is 0 Å². The molecule has 1 fully saturated rings. The smallest absolute Gasteiger partial charge is 0.322 e. The van der Waals surface area contributed by atoms with Gasteiger partial charge in [-0.25, -0.2) is 4.79 Å². The fourth-order valence-corrected chi connectivity index (χ4v) is 3.38. The molecule has 1 aliphatic heterocycles. The van der Waals surface area contributed by atoms with Crippen LogP contribution in [0.5, 0.6) is 5.75 Å².